The van der Waals surface area contributed by atoms with Crippen LogP contribution in [0.2, 0.25) is 0 Å². The second kappa shape index (κ2) is 5.28. The fraction of sp³-hybridized carbons (Fsp3) is 0.462. The van der Waals surface area contributed by atoms with E-state index >= 15 is 0 Å². The van der Waals surface area contributed by atoms with Gasteiger partial charge in [0.1, 0.15) is 11.3 Å². The van der Waals surface area contributed by atoms with E-state index in [9.17, 15) is 23.4 Å². The number of benzene rings is 1. The first-order chi connectivity index (χ1) is 9.63. The molecule has 7 nitrogen and oxygen atoms in total. The van der Waals surface area contributed by atoms with Gasteiger partial charge in [0.15, 0.2) is 0 Å². The number of nitrogens with zero attached hydrogens (tertiary/aromatic N) is 1. The summed E-state index contributed by atoms with van der Waals surface area (Å²) in [5.74, 6) is -1.88. The number of carboxylic acids is 1. The van der Waals surface area contributed by atoms with Gasteiger partial charge in [-0.2, -0.15) is 4.31 Å². The van der Waals surface area contributed by atoms with Crippen LogP contribution in [0.15, 0.2) is 23.1 Å². The van der Waals surface area contributed by atoms with E-state index in [1.165, 1.54) is 10.4 Å². The first-order valence-corrected chi connectivity index (χ1v) is 7.86. The number of carboxylic acid groups (broad SMARTS) is 1. The third kappa shape index (κ3) is 3.17. The standard InChI is InChI=1S/C13H17NO6S/c1-13(18)4-6-14(7-5-13)21(19,20)9-2-3-11(15)10(8-9)12(16)17/h2-3,8,15,18H,4-7H2,1H3,(H,16,17). The molecule has 0 amide bonds. The maximum absolute atomic E-state index is 12.5. The normalized spacial score (nSPS) is 19.3. The van der Waals surface area contributed by atoms with Crippen LogP contribution in [0.25, 0.3) is 0 Å². The zero-order valence-corrected chi connectivity index (χ0v) is 12.3. The van der Waals surface area contributed by atoms with Crippen LogP contribution in [0.4, 0.5) is 0 Å². The highest BCUT2D eigenvalue weighted by molar-refractivity contribution is 7.89. The van der Waals surface area contributed by atoms with Crippen molar-refractivity contribution in [2.75, 3.05) is 13.1 Å². The van der Waals surface area contributed by atoms with Gasteiger partial charge in [-0.3, -0.25) is 0 Å². The molecule has 1 fully saturated rings. The summed E-state index contributed by atoms with van der Waals surface area (Å²) in [6, 6.07) is 3.17. The predicted octanol–water partition coefficient (Wildman–Crippen LogP) is 0.626. The molecule has 1 aliphatic rings. The number of carbonyl (C=O) groups is 1. The van der Waals surface area contributed by atoms with E-state index in [4.69, 9.17) is 5.11 Å². The van der Waals surface area contributed by atoms with Gasteiger partial charge in [0.25, 0.3) is 0 Å². The molecular weight excluding hydrogens is 298 g/mol. The third-order valence-corrected chi connectivity index (χ3v) is 5.53. The molecule has 3 N–H and O–H groups in total. The predicted molar refractivity (Wildman–Crippen MR) is 73.7 cm³/mol. The Bertz CT molecular complexity index is 657. The van der Waals surface area contributed by atoms with Crippen LogP contribution in [-0.2, 0) is 10.0 Å². The lowest BCUT2D eigenvalue weighted by Gasteiger charge is -2.35. The summed E-state index contributed by atoms with van der Waals surface area (Å²) in [6.45, 7) is 1.98. The largest absolute Gasteiger partial charge is 0.507 e. The van der Waals surface area contributed by atoms with Gasteiger partial charge in [-0.25, -0.2) is 13.2 Å². The molecule has 0 spiro atoms. The van der Waals surface area contributed by atoms with Gasteiger partial charge < -0.3 is 15.3 Å². The maximum atomic E-state index is 12.5. The highest BCUT2D eigenvalue weighted by atomic mass is 32.2. The minimum Gasteiger partial charge on any atom is -0.507 e. The summed E-state index contributed by atoms with van der Waals surface area (Å²) in [4.78, 5) is 10.8. The molecular formula is C13H17NO6S. The molecule has 1 aliphatic heterocycles. The minimum absolute atomic E-state index is 0.165. The van der Waals surface area contributed by atoms with Crippen LogP contribution < -0.4 is 0 Å². The van der Waals surface area contributed by atoms with Gasteiger partial charge >= 0.3 is 5.97 Å². The molecule has 1 aromatic rings. The SMILES string of the molecule is CC1(O)CCN(S(=O)(=O)c2ccc(O)c(C(=O)O)c2)CC1. The zero-order valence-electron chi connectivity index (χ0n) is 11.5. The van der Waals surface area contributed by atoms with Crippen LogP contribution in [-0.4, -0.2) is 52.7 Å². The van der Waals surface area contributed by atoms with Crippen molar-refractivity contribution in [1.82, 2.24) is 4.31 Å². The number of aromatic hydroxyl groups is 1. The second-order valence-electron chi connectivity index (χ2n) is 5.39. The van der Waals surface area contributed by atoms with Crippen LogP contribution in [0.5, 0.6) is 5.75 Å². The van der Waals surface area contributed by atoms with E-state index in [0.29, 0.717) is 12.8 Å². The Morgan fingerprint density at radius 2 is 1.86 bits per heavy atom. The van der Waals surface area contributed by atoms with Crippen LogP contribution >= 0.6 is 0 Å². The van der Waals surface area contributed by atoms with Gasteiger partial charge in [0, 0.05) is 13.1 Å². The summed E-state index contributed by atoms with van der Waals surface area (Å²) in [6.07, 6.45) is 0.631. The second-order valence-corrected chi connectivity index (χ2v) is 7.32. The van der Waals surface area contributed by atoms with Gasteiger partial charge in [-0.05, 0) is 38.0 Å². The van der Waals surface area contributed by atoms with Crippen molar-refractivity contribution in [3.8, 4) is 5.75 Å². The number of phenols is 1. The molecule has 0 radical (unpaired) electrons. The molecule has 21 heavy (non-hydrogen) atoms. The number of rotatable bonds is 3. The van der Waals surface area contributed by atoms with E-state index in [1.54, 1.807) is 6.92 Å². The topological polar surface area (TPSA) is 115 Å². The Morgan fingerprint density at radius 1 is 1.29 bits per heavy atom. The van der Waals surface area contributed by atoms with Crippen molar-refractivity contribution in [3.63, 3.8) is 0 Å². The van der Waals surface area contributed by atoms with Gasteiger partial charge in [0.2, 0.25) is 10.0 Å². The number of sulfonamides is 1. The lowest BCUT2D eigenvalue weighted by molar-refractivity contribution is 0.0126. The average molecular weight is 315 g/mol. The van der Waals surface area contributed by atoms with Crippen molar-refractivity contribution < 1.29 is 28.5 Å². The molecule has 0 bridgehead atoms. The highest BCUT2D eigenvalue weighted by Gasteiger charge is 2.34. The van der Waals surface area contributed by atoms with Crippen molar-refractivity contribution in [3.05, 3.63) is 23.8 Å². The van der Waals surface area contributed by atoms with Crippen LogP contribution in [0, 0.1) is 0 Å². The molecule has 1 aromatic carbocycles. The molecule has 0 unspecified atom stereocenters. The van der Waals surface area contributed by atoms with Crippen molar-refractivity contribution in [2.45, 2.75) is 30.3 Å². The highest BCUT2D eigenvalue weighted by Crippen LogP contribution is 2.28. The number of hydrogen-bond acceptors (Lipinski definition) is 5. The maximum Gasteiger partial charge on any atom is 0.339 e. The Morgan fingerprint density at radius 3 is 2.38 bits per heavy atom. The van der Waals surface area contributed by atoms with Crippen molar-refractivity contribution in [2.24, 2.45) is 0 Å². The summed E-state index contributed by atoms with van der Waals surface area (Å²) in [7, 11) is -3.84. The first-order valence-electron chi connectivity index (χ1n) is 6.42. The summed E-state index contributed by atoms with van der Waals surface area (Å²) < 4.78 is 26.1. The Kier molecular flexibility index (Phi) is 3.96. The van der Waals surface area contributed by atoms with E-state index < -0.39 is 32.9 Å². The van der Waals surface area contributed by atoms with Gasteiger partial charge in [0.05, 0.1) is 10.5 Å². The first kappa shape index (κ1) is 15.7. The molecule has 0 aliphatic carbocycles. The number of hydrogen-bond donors (Lipinski definition) is 3. The Hall–Kier alpha value is -1.64. The van der Waals surface area contributed by atoms with Gasteiger partial charge in [-0.1, -0.05) is 0 Å². The molecule has 0 atom stereocenters. The number of aliphatic hydroxyl groups is 1. The fourth-order valence-corrected chi connectivity index (χ4v) is 3.67. The molecule has 0 aromatic heterocycles. The van der Waals surface area contributed by atoms with Crippen molar-refractivity contribution in [1.29, 1.82) is 0 Å². The summed E-state index contributed by atoms with van der Waals surface area (Å²) in [5.41, 5.74) is -1.34. The fourth-order valence-electron chi connectivity index (χ4n) is 2.20. The van der Waals surface area contributed by atoms with E-state index in [-0.39, 0.29) is 18.0 Å². The van der Waals surface area contributed by atoms with E-state index in [0.717, 1.165) is 12.1 Å². The van der Waals surface area contributed by atoms with E-state index in [1.807, 2.05) is 0 Å². The Balaban J connectivity index is 2.33. The quantitative estimate of drug-likeness (QED) is 0.753. The summed E-state index contributed by atoms with van der Waals surface area (Å²) >= 11 is 0. The average Bonchev–Trinajstić information content (AvgIpc) is 2.38. The molecule has 0 saturated carbocycles. The van der Waals surface area contributed by atoms with Crippen molar-refractivity contribution >= 4 is 16.0 Å². The lowest BCUT2D eigenvalue weighted by Crippen LogP contribution is -2.45. The van der Waals surface area contributed by atoms with Crippen LogP contribution in [0.1, 0.15) is 30.1 Å². The zero-order chi connectivity index (χ0) is 15.8. The number of piperidine rings is 1. The molecule has 2 rings (SSSR count). The van der Waals surface area contributed by atoms with E-state index in [2.05, 4.69) is 0 Å². The molecule has 8 heteroatoms. The Labute approximate surface area is 122 Å². The monoisotopic (exact) mass is 315 g/mol. The minimum atomic E-state index is -3.84. The summed E-state index contributed by atoms with van der Waals surface area (Å²) in [5, 5.41) is 28.2. The lowest BCUT2D eigenvalue weighted by atomic mass is 9.95. The smallest absolute Gasteiger partial charge is 0.339 e. The number of aromatic carboxylic acids is 1. The molecule has 1 heterocycles. The molecule has 116 valence electrons. The molecule has 1 saturated heterocycles. The van der Waals surface area contributed by atoms with Crippen LogP contribution in [0.3, 0.4) is 0 Å². The van der Waals surface area contributed by atoms with Gasteiger partial charge in [-0.15, -0.1) is 0 Å². The third-order valence-electron chi connectivity index (χ3n) is 3.64.